The number of fused-ring (bicyclic) bond motifs is 1. The first kappa shape index (κ1) is 23.7. The van der Waals surface area contributed by atoms with E-state index >= 15 is 0 Å². The molecular formula is C23H21Br2N3O4. The van der Waals surface area contributed by atoms with Gasteiger partial charge in [0.15, 0.2) is 23.9 Å². The summed E-state index contributed by atoms with van der Waals surface area (Å²) < 4.78 is 12.7. The number of halogens is 2. The van der Waals surface area contributed by atoms with Crippen molar-refractivity contribution in [3.05, 3.63) is 69.3 Å². The normalized spacial score (nSPS) is 11.0. The second kappa shape index (κ2) is 11.1. The molecule has 0 unspecified atom stereocenters. The van der Waals surface area contributed by atoms with Gasteiger partial charge in [-0.15, -0.1) is 6.58 Å². The number of aromatic hydroxyl groups is 1. The highest BCUT2D eigenvalue weighted by molar-refractivity contribution is 9.11. The molecular weight excluding hydrogens is 542 g/mol. The average molecular weight is 563 g/mol. The van der Waals surface area contributed by atoms with Gasteiger partial charge in [-0.25, -0.2) is 5.43 Å². The summed E-state index contributed by atoms with van der Waals surface area (Å²) in [7, 11) is 0. The molecule has 9 heteroatoms. The lowest BCUT2D eigenvalue weighted by Gasteiger charge is -2.11. The number of phenols is 1. The minimum atomic E-state index is -0.435. The topological polar surface area (TPSA) is 93.0 Å². The second-order valence-corrected chi connectivity index (χ2v) is 8.31. The molecule has 0 saturated heterocycles. The zero-order valence-electron chi connectivity index (χ0n) is 17.3. The number of aromatic nitrogens is 1. The van der Waals surface area contributed by atoms with Gasteiger partial charge in [-0.1, -0.05) is 28.1 Å². The van der Waals surface area contributed by atoms with Gasteiger partial charge in [0.2, 0.25) is 0 Å². The molecule has 166 valence electrons. The van der Waals surface area contributed by atoms with Gasteiger partial charge < -0.3 is 14.6 Å². The van der Waals surface area contributed by atoms with Gasteiger partial charge in [0, 0.05) is 21.6 Å². The van der Waals surface area contributed by atoms with E-state index in [0.717, 1.165) is 9.86 Å². The monoisotopic (exact) mass is 561 g/mol. The minimum Gasteiger partial charge on any atom is -0.504 e. The maximum absolute atomic E-state index is 12.2. The maximum Gasteiger partial charge on any atom is 0.277 e. The largest absolute Gasteiger partial charge is 0.504 e. The van der Waals surface area contributed by atoms with E-state index in [9.17, 15) is 9.90 Å². The molecule has 0 atom stereocenters. The van der Waals surface area contributed by atoms with Crippen LogP contribution in [0.15, 0.2) is 63.2 Å². The molecule has 32 heavy (non-hydrogen) atoms. The number of nitrogens with zero attached hydrogens (tertiary/aromatic N) is 2. The van der Waals surface area contributed by atoms with Crippen LogP contribution in [0.4, 0.5) is 0 Å². The summed E-state index contributed by atoms with van der Waals surface area (Å²) in [6.45, 7) is 5.69. The third kappa shape index (κ3) is 5.66. The second-order valence-electron chi connectivity index (χ2n) is 6.60. The number of nitrogens with one attached hydrogen (secondary N) is 1. The molecule has 0 saturated carbocycles. The van der Waals surface area contributed by atoms with Crippen molar-refractivity contribution >= 4 is 54.9 Å². The van der Waals surface area contributed by atoms with E-state index in [-0.39, 0.29) is 12.4 Å². The van der Waals surface area contributed by atoms with Gasteiger partial charge in [-0.2, -0.15) is 5.10 Å². The molecule has 2 aromatic carbocycles. The Bertz CT molecular complexity index is 1180. The van der Waals surface area contributed by atoms with E-state index in [1.807, 2.05) is 25.1 Å². The molecule has 0 bridgehead atoms. The first-order valence-electron chi connectivity index (χ1n) is 9.71. The predicted octanol–water partition coefficient (Wildman–Crippen LogP) is 5.12. The lowest BCUT2D eigenvalue weighted by atomic mass is 10.1. The molecule has 3 rings (SSSR count). The Labute approximate surface area is 202 Å². The molecule has 0 spiro atoms. The van der Waals surface area contributed by atoms with Crippen LogP contribution >= 0.6 is 31.9 Å². The summed E-state index contributed by atoms with van der Waals surface area (Å²) >= 11 is 6.95. The van der Waals surface area contributed by atoms with Crippen molar-refractivity contribution < 1.29 is 19.4 Å². The number of hydrogen-bond acceptors (Lipinski definition) is 6. The molecule has 0 aliphatic heterocycles. The Kier molecular flexibility index (Phi) is 8.24. The van der Waals surface area contributed by atoms with Gasteiger partial charge in [0.25, 0.3) is 5.91 Å². The molecule has 2 N–H and O–H groups in total. The number of rotatable bonds is 9. The smallest absolute Gasteiger partial charge is 0.277 e. The zero-order valence-corrected chi connectivity index (χ0v) is 20.4. The number of allylic oxidation sites excluding steroid dienone is 1. The Morgan fingerprint density at radius 3 is 2.84 bits per heavy atom. The Morgan fingerprint density at radius 1 is 1.28 bits per heavy atom. The number of ether oxygens (including phenoxy) is 2. The van der Waals surface area contributed by atoms with Crippen molar-refractivity contribution in [1.29, 1.82) is 0 Å². The number of amides is 1. The highest BCUT2D eigenvalue weighted by Gasteiger charge is 2.14. The summed E-state index contributed by atoms with van der Waals surface area (Å²) in [5, 5.41) is 15.1. The number of benzene rings is 2. The molecule has 0 aliphatic carbocycles. The van der Waals surface area contributed by atoms with Gasteiger partial charge in [-0.05, 0) is 59.1 Å². The summed E-state index contributed by atoms with van der Waals surface area (Å²) in [6.07, 6.45) is 5.29. The molecule has 0 aliphatic rings. The zero-order chi connectivity index (χ0) is 23.1. The standard InChI is InChI=1S/C23H21Br2N3O4/c1-3-6-15-9-14(10-19(22(15)30)31-4-2)12-27-28-20(29)13-32-23-18(25)11-17(24)16-7-5-8-26-21(16)23/h3,5,7-12,30H,1,4,6,13H2,2H3,(H,28,29)/b27-12-. The van der Waals surface area contributed by atoms with Crippen LogP contribution < -0.4 is 14.9 Å². The fourth-order valence-corrected chi connectivity index (χ4v) is 4.36. The van der Waals surface area contributed by atoms with Crippen LogP contribution in [0, 0.1) is 0 Å². The van der Waals surface area contributed by atoms with Crippen molar-refractivity contribution in [2.24, 2.45) is 5.10 Å². The third-order valence-corrected chi connectivity index (χ3v) is 5.59. The number of hydrogen-bond donors (Lipinski definition) is 2. The van der Waals surface area contributed by atoms with Gasteiger partial charge in [-0.3, -0.25) is 9.78 Å². The molecule has 7 nitrogen and oxygen atoms in total. The SMILES string of the molecule is C=CCc1cc(/C=N\NC(=O)COc2c(Br)cc(Br)c3cccnc23)cc(OCC)c1O. The molecule has 0 fully saturated rings. The van der Waals surface area contributed by atoms with Crippen LogP contribution in [0.1, 0.15) is 18.1 Å². The lowest BCUT2D eigenvalue weighted by molar-refractivity contribution is -0.123. The first-order valence-corrected chi connectivity index (χ1v) is 11.3. The maximum atomic E-state index is 12.2. The summed E-state index contributed by atoms with van der Waals surface area (Å²) in [6, 6.07) is 8.98. The minimum absolute atomic E-state index is 0.0715. The third-order valence-electron chi connectivity index (χ3n) is 4.34. The number of carbonyl (C=O) groups excluding carboxylic acids is 1. The van der Waals surface area contributed by atoms with Crippen molar-refractivity contribution in [3.8, 4) is 17.2 Å². The number of hydrazone groups is 1. The van der Waals surface area contributed by atoms with Crippen LogP contribution in [0.5, 0.6) is 17.2 Å². The fraction of sp³-hybridized carbons (Fsp3) is 0.174. The average Bonchev–Trinajstić information content (AvgIpc) is 2.77. The predicted molar refractivity (Wildman–Crippen MR) is 132 cm³/mol. The first-order chi connectivity index (χ1) is 15.4. The Morgan fingerprint density at radius 2 is 2.09 bits per heavy atom. The van der Waals surface area contributed by atoms with Crippen molar-refractivity contribution in [2.75, 3.05) is 13.2 Å². The molecule has 3 aromatic rings. The fourth-order valence-electron chi connectivity index (χ4n) is 2.97. The van der Waals surface area contributed by atoms with Crippen LogP contribution in [-0.2, 0) is 11.2 Å². The van der Waals surface area contributed by atoms with E-state index in [4.69, 9.17) is 9.47 Å². The van der Waals surface area contributed by atoms with Gasteiger partial charge >= 0.3 is 0 Å². The quantitative estimate of drug-likeness (QED) is 0.214. The van der Waals surface area contributed by atoms with Gasteiger partial charge in [0.1, 0.15) is 5.52 Å². The van der Waals surface area contributed by atoms with Crippen molar-refractivity contribution in [3.63, 3.8) is 0 Å². The highest BCUT2D eigenvalue weighted by atomic mass is 79.9. The summed E-state index contributed by atoms with van der Waals surface area (Å²) in [5.41, 5.74) is 4.38. The van der Waals surface area contributed by atoms with E-state index in [1.54, 1.807) is 24.4 Å². The van der Waals surface area contributed by atoms with Crippen LogP contribution in [0.2, 0.25) is 0 Å². The number of phenolic OH excluding ortho intramolecular Hbond substituents is 1. The summed E-state index contributed by atoms with van der Waals surface area (Å²) in [4.78, 5) is 16.6. The highest BCUT2D eigenvalue weighted by Crippen LogP contribution is 2.37. The summed E-state index contributed by atoms with van der Waals surface area (Å²) in [5.74, 6) is 0.455. The van der Waals surface area contributed by atoms with Crippen LogP contribution in [-0.4, -0.2) is 35.4 Å². The molecule has 1 aromatic heterocycles. The number of carbonyl (C=O) groups is 1. The van der Waals surface area contributed by atoms with Crippen LogP contribution in [0.3, 0.4) is 0 Å². The lowest BCUT2D eigenvalue weighted by Crippen LogP contribution is -2.24. The Hall–Kier alpha value is -2.91. The Balaban J connectivity index is 1.68. The van der Waals surface area contributed by atoms with E-state index in [1.165, 1.54) is 6.21 Å². The van der Waals surface area contributed by atoms with Crippen molar-refractivity contribution in [1.82, 2.24) is 10.4 Å². The van der Waals surface area contributed by atoms with Crippen LogP contribution in [0.25, 0.3) is 10.9 Å². The van der Waals surface area contributed by atoms with Crippen molar-refractivity contribution in [2.45, 2.75) is 13.3 Å². The molecule has 0 radical (unpaired) electrons. The van der Waals surface area contributed by atoms with E-state index < -0.39 is 5.91 Å². The molecule has 1 heterocycles. The van der Waals surface area contributed by atoms with Gasteiger partial charge in [0.05, 0.1) is 17.3 Å². The molecule has 1 amide bonds. The van der Waals surface area contributed by atoms with E-state index in [2.05, 4.69) is 54.0 Å². The number of pyridine rings is 1. The van der Waals surface area contributed by atoms with E-state index in [0.29, 0.717) is 45.6 Å².